The van der Waals surface area contributed by atoms with Crippen LogP contribution in [-0.4, -0.2) is 37.0 Å². The van der Waals surface area contributed by atoms with Crippen LogP contribution < -0.4 is 11.1 Å². The van der Waals surface area contributed by atoms with Crippen molar-refractivity contribution in [2.45, 2.75) is 62.8 Å². The SMILES string of the molecule is [B]CCC[C@H]1C[C@H](CNC2CCC2)C[C@@]1(N)C(=O)O. The Kier molecular flexibility index (Phi) is 4.90. The summed E-state index contributed by atoms with van der Waals surface area (Å²) in [5.74, 6) is -0.383. The molecule has 2 aliphatic carbocycles. The highest BCUT2D eigenvalue weighted by Gasteiger charge is 2.49. The summed E-state index contributed by atoms with van der Waals surface area (Å²) in [5.41, 5.74) is 5.12. The first-order valence-electron chi connectivity index (χ1n) is 7.52. The van der Waals surface area contributed by atoms with Crippen LogP contribution in [0.25, 0.3) is 0 Å². The molecule has 2 radical (unpaired) electrons. The maximum atomic E-state index is 11.5. The van der Waals surface area contributed by atoms with Gasteiger partial charge in [-0.25, -0.2) is 0 Å². The van der Waals surface area contributed by atoms with E-state index in [0.717, 1.165) is 25.8 Å². The monoisotopic (exact) mass is 264 g/mol. The molecule has 3 atom stereocenters. The third-order valence-corrected chi connectivity index (χ3v) is 4.93. The van der Waals surface area contributed by atoms with Crippen molar-refractivity contribution in [3.63, 3.8) is 0 Å². The Morgan fingerprint density at radius 3 is 2.74 bits per heavy atom. The number of hydrogen-bond donors (Lipinski definition) is 3. The lowest BCUT2D eigenvalue weighted by Gasteiger charge is -2.28. The van der Waals surface area contributed by atoms with Crippen LogP contribution >= 0.6 is 0 Å². The van der Waals surface area contributed by atoms with Gasteiger partial charge in [0.05, 0.1) is 7.85 Å². The van der Waals surface area contributed by atoms with E-state index in [1.165, 1.54) is 19.3 Å². The second-order valence-electron chi connectivity index (χ2n) is 6.32. The van der Waals surface area contributed by atoms with Crippen LogP contribution in [0.15, 0.2) is 0 Å². The zero-order valence-electron chi connectivity index (χ0n) is 11.6. The number of rotatable bonds is 7. The summed E-state index contributed by atoms with van der Waals surface area (Å²) in [6.07, 6.45) is 7.65. The molecule has 0 bridgehead atoms. The van der Waals surface area contributed by atoms with Crippen LogP contribution in [0, 0.1) is 11.8 Å². The van der Waals surface area contributed by atoms with Gasteiger partial charge in [0.15, 0.2) is 0 Å². The van der Waals surface area contributed by atoms with Gasteiger partial charge in [-0.3, -0.25) is 4.79 Å². The topological polar surface area (TPSA) is 75.3 Å². The fraction of sp³-hybridized carbons (Fsp3) is 0.929. The second kappa shape index (κ2) is 6.27. The van der Waals surface area contributed by atoms with Crippen molar-refractivity contribution >= 4 is 13.8 Å². The van der Waals surface area contributed by atoms with Gasteiger partial charge >= 0.3 is 5.97 Å². The van der Waals surface area contributed by atoms with E-state index in [2.05, 4.69) is 5.32 Å². The molecule has 2 rings (SSSR count). The lowest BCUT2D eigenvalue weighted by Crippen LogP contribution is -2.51. The molecule has 0 aromatic rings. The smallest absolute Gasteiger partial charge is 0.323 e. The summed E-state index contributed by atoms with van der Waals surface area (Å²) in [5, 5.41) is 13.0. The molecule has 4 N–H and O–H groups in total. The molecule has 0 heterocycles. The molecular weight excluding hydrogens is 239 g/mol. The molecule has 0 aliphatic heterocycles. The van der Waals surface area contributed by atoms with E-state index >= 15 is 0 Å². The van der Waals surface area contributed by atoms with E-state index in [0.29, 0.717) is 24.7 Å². The minimum atomic E-state index is -1.04. The van der Waals surface area contributed by atoms with Gasteiger partial charge in [-0.1, -0.05) is 19.2 Å². The normalized spacial score (nSPS) is 35.2. The highest BCUT2D eigenvalue weighted by atomic mass is 16.4. The molecule has 4 nitrogen and oxygen atoms in total. The molecule has 0 saturated heterocycles. The van der Waals surface area contributed by atoms with Gasteiger partial charge < -0.3 is 16.2 Å². The number of aliphatic carboxylic acids is 1. The van der Waals surface area contributed by atoms with Crippen molar-refractivity contribution in [2.24, 2.45) is 17.6 Å². The summed E-state index contributed by atoms with van der Waals surface area (Å²) in [6.45, 7) is 0.913. The number of nitrogens with one attached hydrogen (secondary N) is 1. The van der Waals surface area contributed by atoms with Gasteiger partial charge in [0.2, 0.25) is 0 Å². The number of carboxylic acids is 1. The Bertz CT molecular complexity index is 323. The minimum absolute atomic E-state index is 0.0711. The van der Waals surface area contributed by atoms with E-state index in [1.54, 1.807) is 0 Å². The number of hydrogen-bond acceptors (Lipinski definition) is 3. The molecule has 0 amide bonds. The fourth-order valence-corrected chi connectivity index (χ4v) is 3.44. The van der Waals surface area contributed by atoms with Gasteiger partial charge in [-0.05, 0) is 50.5 Å². The lowest BCUT2D eigenvalue weighted by atomic mass is 9.83. The highest BCUT2D eigenvalue weighted by molar-refractivity contribution is 6.08. The molecule has 2 fully saturated rings. The molecule has 5 heteroatoms. The van der Waals surface area contributed by atoms with E-state index in [1.807, 2.05) is 0 Å². The van der Waals surface area contributed by atoms with E-state index in [9.17, 15) is 9.90 Å². The van der Waals surface area contributed by atoms with Crippen molar-refractivity contribution < 1.29 is 9.90 Å². The van der Waals surface area contributed by atoms with Gasteiger partial charge in [-0.2, -0.15) is 0 Å². The fourth-order valence-electron chi connectivity index (χ4n) is 3.44. The molecule has 0 aromatic carbocycles. The van der Waals surface area contributed by atoms with Crippen molar-refractivity contribution in [3.8, 4) is 0 Å². The Morgan fingerprint density at radius 1 is 1.47 bits per heavy atom. The van der Waals surface area contributed by atoms with Gasteiger partial charge in [0, 0.05) is 6.04 Å². The van der Waals surface area contributed by atoms with E-state index in [-0.39, 0.29) is 5.92 Å². The van der Waals surface area contributed by atoms with Crippen LogP contribution in [0.1, 0.15) is 44.9 Å². The lowest BCUT2D eigenvalue weighted by molar-refractivity contribution is -0.145. The predicted molar refractivity (Wildman–Crippen MR) is 76.2 cm³/mol. The van der Waals surface area contributed by atoms with E-state index < -0.39 is 11.5 Å². The van der Waals surface area contributed by atoms with Gasteiger partial charge in [0.1, 0.15) is 5.54 Å². The average Bonchev–Trinajstić information content (AvgIpc) is 2.63. The van der Waals surface area contributed by atoms with Gasteiger partial charge in [-0.15, -0.1) is 0 Å². The van der Waals surface area contributed by atoms with Crippen molar-refractivity contribution in [1.29, 1.82) is 0 Å². The third-order valence-electron chi connectivity index (χ3n) is 4.93. The average molecular weight is 264 g/mol. The Labute approximate surface area is 116 Å². The predicted octanol–water partition coefficient (Wildman–Crippen LogP) is 1.30. The number of nitrogens with two attached hydrogens (primary N) is 1. The molecule has 2 aliphatic rings. The van der Waals surface area contributed by atoms with Crippen LogP contribution in [0.3, 0.4) is 0 Å². The number of carboxylic acid groups (broad SMARTS) is 1. The zero-order valence-corrected chi connectivity index (χ0v) is 11.6. The first-order valence-corrected chi connectivity index (χ1v) is 7.52. The van der Waals surface area contributed by atoms with Gasteiger partial charge in [0.25, 0.3) is 0 Å². The molecule has 19 heavy (non-hydrogen) atoms. The molecular formula is C14H25BN2O2. The third kappa shape index (κ3) is 3.32. The summed E-state index contributed by atoms with van der Waals surface area (Å²) < 4.78 is 0. The summed E-state index contributed by atoms with van der Waals surface area (Å²) in [6, 6.07) is 0.653. The quantitative estimate of drug-likeness (QED) is 0.606. The molecule has 0 unspecified atom stereocenters. The summed E-state index contributed by atoms with van der Waals surface area (Å²) >= 11 is 0. The van der Waals surface area contributed by atoms with Crippen LogP contribution in [0.4, 0.5) is 0 Å². The minimum Gasteiger partial charge on any atom is -0.480 e. The Balaban J connectivity index is 1.88. The van der Waals surface area contributed by atoms with Crippen molar-refractivity contribution in [1.82, 2.24) is 5.32 Å². The molecule has 0 aromatic heterocycles. The van der Waals surface area contributed by atoms with Crippen LogP contribution in [0.5, 0.6) is 0 Å². The van der Waals surface area contributed by atoms with Crippen molar-refractivity contribution in [3.05, 3.63) is 0 Å². The highest BCUT2D eigenvalue weighted by Crippen LogP contribution is 2.41. The zero-order chi connectivity index (χ0) is 13.9. The molecule has 106 valence electrons. The first-order chi connectivity index (χ1) is 9.06. The Hall–Kier alpha value is -0.545. The maximum Gasteiger partial charge on any atom is 0.323 e. The molecule has 0 spiro atoms. The summed E-state index contributed by atoms with van der Waals surface area (Å²) in [4.78, 5) is 11.5. The maximum absolute atomic E-state index is 11.5. The molecule has 2 saturated carbocycles. The van der Waals surface area contributed by atoms with Crippen LogP contribution in [-0.2, 0) is 4.79 Å². The summed E-state index contributed by atoms with van der Waals surface area (Å²) in [7, 11) is 5.53. The van der Waals surface area contributed by atoms with E-state index in [4.69, 9.17) is 13.6 Å². The standard InChI is InChI=1S/C14H25BN2O2/c15-6-2-3-11-7-10(8-14(11,16)13(18)19)9-17-12-4-1-5-12/h10-12,17H,1-9,16H2,(H,18,19)/t10-,11-,14-/m0/s1. The number of carbonyl (C=O) groups is 1. The largest absolute Gasteiger partial charge is 0.480 e. The second-order valence-corrected chi connectivity index (χ2v) is 6.32. The van der Waals surface area contributed by atoms with Crippen LogP contribution in [0.2, 0.25) is 6.32 Å². The van der Waals surface area contributed by atoms with Crippen molar-refractivity contribution in [2.75, 3.05) is 6.54 Å². The Morgan fingerprint density at radius 2 is 2.21 bits per heavy atom. The first kappa shape index (κ1) is 14.9.